The summed E-state index contributed by atoms with van der Waals surface area (Å²) in [5, 5.41) is 15.2. The quantitative estimate of drug-likeness (QED) is 0.488. The summed E-state index contributed by atoms with van der Waals surface area (Å²) in [6, 6.07) is 13.5. The van der Waals surface area contributed by atoms with E-state index in [1.165, 1.54) is 20.3 Å². The summed E-state index contributed by atoms with van der Waals surface area (Å²) in [5.41, 5.74) is 1.52. The molecule has 3 aromatic rings. The van der Waals surface area contributed by atoms with Gasteiger partial charge in [0.05, 0.1) is 25.5 Å². The number of furan rings is 1. The van der Waals surface area contributed by atoms with Gasteiger partial charge in [-0.2, -0.15) is 0 Å². The number of ether oxygens (including phenoxy) is 2. The largest absolute Gasteiger partial charge is 0.496 e. The molecule has 30 heavy (non-hydrogen) atoms. The number of hydrogen-bond donors (Lipinski definition) is 3. The fourth-order valence-corrected chi connectivity index (χ4v) is 3.13. The van der Waals surface area contributed by atoms with E-state index in [9.17, 15) is 9.90 Å². The van der Waals surface area contributed by atoms with Gasteiger partial charge < -0.3 is 24.3 Å². The summed E-state index contributed by atoms with van der Waals surface area (Å²) in [4.78, 5) is 12.6. The van der Waals surface area contributed by atoms with Crippen molar-refractivity contribution >= 4 is 40.5 Å². The van der Waals surface area contributed by atoms with Crippen LogP contribution in [0.1, 0.15) is 16.1 Å². The average Bonchev–Trinajstić information content (AvgIpc) is 3.23. The lowest BCUT2D eigenvalue weighted by Gasteiger charge is -2.15. The van der Waals surface area contributed by atoms with Gasteiger partial charge in [-0.15, -0.1) is 0 Å². The van der Waals surface area contributed by atoms with E-state index in [1.54, 1.807) is 36.4 Å². The Balaban J connectivity index is 1.79. The van der Waals surface area contributed by atoms with Crippen LogP contribution in [-0.2, 0) is 6.61 Å². The molecule has 0 atom stereocenters. The number of methoxy groups -OCH3 is 2. The predicted octanol–water partition coefficient (Wildman–Crippen LogP) is 4.24. The van der Waals surface area contributed by atoms with Crippen LogP contribution in [0.3, 0.4) is 0 Å². The smallest absolute Gasteiger partial charge is 0.261 e. The van der Waals surface area contributed by atoms with E-state index in [1.807, 2.05) is 6.07 Å². The fraction of sp³-hybridized carbons (Fsp3) is 0.143. The molecule has 0 bridgehead atoms. The number of hydrogen-bond acceptors (Lipinski definition) is 6. The second-order valence-corrected chi connectivity index (χ2v) is 6.94. The van der Waals surface area contributed by atoms with Crippen molar-refractivity contribution in [2.45, 2.75) is 6.61 Å². The Morgan fingerprint density at radius 3 is 2.50 bits per heavy atom. The van der Waals surface area contributed by atoms with Crippen molar-refractivity contribution < 1.29 is 23.8 Å². The maximum Gasteiger partial charge on any atom is 0.261 e. The summed E-state index contributed by atoms with van der Waals surface area (Å²) in [6.45, 7) is -0.190. The van der Waals surface area contributed by atoms with Crippen molar-refractivity contribution in [3.05, 3.63) is 64.9 Å². The third kappa shape index (κ3) is 4.91. The van der Waals surface area contributed by atoms with Gasteiger partial charge in [-0.25, -0.2) is 0 Å². The minimum atomic E-state index is -0.472. The van der Waals surface area contributed by atoms with Crippen molar-refractivity contribution in [2.75, 3.05) is 19.5 Å². The maximum absolute atomic E-state index is 12.6. The Hall–Kier alpha value is -3.07. The van der Waals surface area contributed by atoms with Crippen LogP contribution in [0.25, 0.3) is 11.3 Å². The van der Waals surface area contributed by atoms with Gasteiger partial charge in [-0.1, -0.05) is 11.6 Å². The third-order valence-corrected chi connectivity index (χ3v) is 4.62. The highest BCUT2D eigenvalue weighted by atomic mass is 35.5. The number of carbonyl (C=O) groups is 1. The number of halogens is 1. The van der Waals surface area contributed by atoms with Gasteiger partial charge in [-0.3, -0.25) is 10.1 Å². The monoisotopic (exact) mass is 446 g/mol. The van der Waals surface area contributed by atoms with Crippen molar-refractivity contribution in [1.82, 2.24) is 5.32 Å². The standard InChI is InChI=1S/C21H19ClN2O5S/c1-27-18-7-4-13(22)10-15(18)20(26)24-21(30)23-16-9-12(3-6-19(16)28-2)17-8-5-14(11-25)29-17/h3-10,25H,11H2,1-2H3,(H2,23,24,26,30). The van der Waals surface area contributed by atoms with Gasteiger partial charge in [0, 0.05) is 10.6 Å². The number of aliphatic hydroxyl groups is 1. The molecule has 0 spiro atoms. The number of nitrogens with one attached hydrogen (secondary N) is 2. The topological polar surface area (TPSA) is 93.0 Å². The van der Waals surface area contributed by atoms with Gasteiger partial charge in [0.2, 0.25) is 0 Å². The summed E-state index contributed by atoms with van der Waals surface area (Å²) in [7, 11) is 2.99. The molecule has 0 aliphatic rings. The molecule has 1 heterocycles. The Morgan fingerprint density at radius 2 is 1.83 bits per heavy atom. The zero-order valence-corrected chi connectivity index (χ0v) is 17.8. The van der Waals surface area contributed by atoms with Crippen LogP contribution in [-0.4, -0.2) is 30.3 Å². The second-order valence-electron chi connectivity index (χ2n) is 6.09. The van der Waals surface area contributed by atoms with E-state index in [0.717, 1.165) is 5.56 Å². The number of carbonyl (C=O) groups excluding carboxylic acids is 1. The summed E-state index contributed by atoms with van der Waals surface area (Å²) < 4.78 is 16.1. The average molecular weight is 447 g/mol. The molecule has 0 aliphatic carbocycles. The molecule has 1 amide bonds. The van der Waals surface area contributed by atoms with E-state index in [2.05, 4.69) is 10.6 Å². The van der Waals surface area contributed by atoms with Crippen LogP contribution in [0, 0.1) is 0 Å². The van der Waals surface area contributed by atoms with Gasteiger partial charge >= 0.3 is 0 Å². The van der Waals surface area contributed by atoms with Crippen LogP contribution >= 0.6 is 23.8 Å². The molecule has 3 rings (SSSR count). The SMILES string of the molecule is COc1ccc(-c2ccc(CO)o2)cc1NC(=S)NC(=O)c1cc(Cl)ccc1OC. The minimum absolute atomic E-state index is 0.0629. The molecule has 1 aromatic heterocycles. The van der Waals surface area contributed by atoms with Crippen LogP contribution < -0.4 is 20.1 Å². The zero-order valence-electron chi connectivity index (χ0n) is 16.2. The minimum Gasteiger partial charge on any atom is -0.496 e. The van der Waals surface area contributed by atoms with Crippen molar-refractivity contribution in [2.24, 2.45) is 0 Å². The molecule has 0 aliphatic heterocycles. The number of benzene rings is 2. The highest BCUT2D eigenvalue weighted by Crippen LogP contribution is 2.31. The van der Waals surface area contributed by atoms with E-state index in [4.69, 9.17) is 37.7 Å². The highest BCUT2D eigenvalue weighted by molar-refractivity contribution is 7.80. The normalized spacial score (nSPS) is 10.4. The number of anilines is 1. The Kier molecular flexibility index (Phi) is 6.94. The van der Waals surface area contributed by atoms with Gasteiger partial charge in [0.1, 0.15) is 29.6 Å². The molecule has 9 heteroatoms. The highest BCUT2D eigenvalue weighted by Gasteiger charge is 2.16. The molecule has 7 nitrogen and oxygen atoms in total. The maximum atomic E-state index is 12.6. The molecule has 0 unspecified atom stereocenters. The molecular weight excluding hydrogens is 428 g/mol. The van der Waals surface area contributed by atoms with Crippen LogP contribution in [0.2, 0.25) is 5.02 Å². The molecule has 3 N–H and O–H groups in total. The second kappa shape index (κ2) is 9.62. The summed E-state index contributed by atoms with van der Waals surface area (Å²) in [6.07, 6.45) is 0. The first kappa shape index (κ1) is 21.6. The summed E-state index contributed by atoms with van der Waals surface area (Å²) in [5.74, 6) is 1.44. The molecule has 0 fully saturated rings. The molecule has 0 saturated heterocycles. The lowest BCUT2D eigenvalue weighted by Crippen LogP contribution is -2.34. The number of aliphatic hydroxyl groups excluding tert-OH is 1. The first-order valence-electron chi connectivity index (χ1n) is 8.79. The molecule has 0 radical (unpaired) electrons. The molecule has 2 aromatic carbocycles. The Labute approximate surface area is 183 Å². The van der Waals surface area contributed by atoms with E-state index >= 15 is 0 Å². The van der Waals surface area contributed by atoms with Gasteiger partial charge in [0.15, 0.2) is 5.11 Å². The number of thiocarbonyl (C=S) groups is 1. The summed E-state index contributed by atoms with van der Waals surface area (Å²) >= 11 is 11.3. The van der Waals surface area contributed by atoms with Crippen LogP contribution in [0.15, 0.2) is 52.9 Å². The number of rotatable bonds is 6. The third-order valence-electron chi connectivity index (χ3n) is 4.18. The van der Waals surface area contributed by atoms with Crippen LogP contribution in [0.5, 0.6) is 11.5 Å². The fourth-order valence-electron chi connectivity index (χ4n) is 2.76. The predicted molar refractivity (Wildman–Crippen MR) is 118 cm³/mol. The lowest BCUT2D eigenvalue weighted by molar-refractivity contribution is 0.0974. The lowest BCUT2D eigenvalue weighted by atomic mass is 10.1. The molecule has 156 valence electrons. The Morgan fingerprint density at radius 1 is 1.10 bits per heavy atom. The first-order valence-corrected chi connectivity index (χ1v) is 9.57. The molecular formula is C21H19ClN2O5S. The van der Waals surface area contributed by atoms with Gasteiger partial charge in [0.25, 0.3) is 5.91 Å². The van der Waals surface area contributed by atoms with E-state index < -0.39 is 5.91 Å². The van der Waals surface area contributed by atoms with Crippen LogP contribution in [0.4, 0.5) is 5.69 Å². The Bertz CT molecular complexity index is 1080. The van der Waals surface area contributed by atoms with Gasteiger partial charge in [-0.05, 0) is 60.7 Å². The first-order chi connectivity index (χ1) is 14.4. The number of amides is 1. The van der Waals surface area contributed by atoms with Crippen molar-refractivity contribution in [3.8, 4) is 22.8 Å². The molecule has 0 saturated carbocycles. The van der Waals surface area contributed by atoms with Crippen molar-refractivity contribution in [1.29, 1.82) is 0 Å². The van der Waals surface area contributed by atoms with E-state index in [0.29, 0.717) is 33.7 Å². The van der Waals surface area contributed by atoms with Crippen molar-refractivity contribution in [3.63, 3.8) is 0 Å². The van der Waals surface area contributed by atoms with E-state index in [-0.39, 0.29) is 17.3 Å². The zero-order chi connectivity index (χ0) is 21.7.